The molecule has 0 aromatic heterocycles. The summed E-state index contributed by atoms with van der Waals surface area (Å²) in [5.74, 6) is -0.218. The lowest BCUT2D eigenvalue weighted by molar-refractivity contribution is -0.139. The van der Waals surface area contributed by atoms with E-state index in [1.54, 1.807) is 6.07 Å². The minimum absolute atomic E-state index is 0.155. The predicted octanol–water partition coefficient (Wildman–Crippen LogP) is 5.06. The first-order valence-corrected chi connectivity index (χ1v) is 11.2. The molecule has 0 radical (unpaired) electrons. The van der Waals surface area contributed by atoms with Crippen LogP contribution in [0.2, 0.25) is 0 Å². The summed E-state index contributed by atoms with van der Waals surface area (Å²) in [7, 11) is -1.03. The summed E-state index contributed by atoms with van der Waals surface area (Å²) in [5, 5.41) is 9.43. The summed E-state index contributed by atoms with van der Waals surface area (Å²) >= 11 is 3.36. The van der Waals surface area contributed by atoms with Crippen LogP contribution in [0.3, 0.4) is 0 Å². The van der Waals surface area contributed by atoms with Gasteiger partial charge in [0.05, 0.1) is 24.3 Å². The van der Waals surface area contributed by atoms with Crippen molar-refractivity contribution < 1.29 is 32.1 Å². The van der Waals surface area contributed by atoms with Gasteiger partial charge in [0.1, 0.15) is 12.4 Å². The van der Waals surface area contributed by atoms with Crippen molar-refractivity contribution >= 4 is 24.6 Å². The molecule has 0 aliphatic rings. The fraction of sp³-hybridized carbons (Fsp3) is 0.429. The highest BCUT2D eigenvalue weighted by Gasteiger charge is 2.35. The lowest BCUT2D eigenvalue weighted by Crippen LogP contribution is -2.47. The minimum atomic E-state index is -4.57. The van der Waals surface area contributed by atoms with Crippen molar-refractivity contribution in [2.24, 2.45) is 5.73 Å². The lowest BCUT2D eigenvalue weighted by atomic mass is 9.93. The number of halogens is 4. The fourth-order valence-electron chi connectivity index (χ4n) is 2.95. The van der Waals surface area contributed by atoms with Gasteiger partial charge in [-0.2, -0.15) is 13.2 Å². The van der Waals surface area contributed by atoms with E-state index in [4.69, 9.17) is 15.0 Å². The number of aliphatic hydroxyl groups excluding tert-OH is 1. The molecule has 5 nitrogen and oxygen atoms in total. The molecule has 170 valence electrons. The van der Waals surface area contributed by atoms with Crippen LogP contribution in [0.5, 0.6) is 5.75 Å². The maximum absolute atomic E-state index is 13.5. The Morgan fingerprint density at radius 1 is 1.06 bits per heavy atom. The number of nitrogens with two attached hydrogens (primary N) is 1. The summed E-state index contributed by atoms with van der Waals surface area (Å²) in [5.41, 5.74) is 5.41. The van der Waals surface area contributed by atoms with Gasteiger partial charge < -0.3 is 15.6 Å². The maximum atomic E-state index is 13.5. The maximum Gasteiger partial charge on any atom is 0.494 e. The number of alkyl halides is 3. The normalized spacial score (nSPS) is 13.9. The average molecular weight is 523 g/mol. The minimum Gasteiger partial charge on any atom is -0.493 e. The molecule has 2 unspecified atom stereocenters. The van der Waals surface area contributed by atoms with Crippen LogP contribution in [-0.4, -0.2) is 30.5 Å². The van der Waals surface area contributed by atoms with Gasteiger partial charge in [0.2, 0.25) is 0 Å². The topological polar surface area (TPSA) is 81.8 Å². The summed E-state index contributed by atoms with van der Waals surface area (Å²) in [6.45, 7) is -0.442. The molecule has 2 aromatic rings. The first-order valence-electron chi connectivity index (χ1n) is 9.63. The first-order chi connectivity index (χ1) is 14.7. The van der Waals surface area contributed by atoms with E-state index in [0.29, 0.717) is 18.4 Å². The zero-order valence-electron chi connectivity index (χ0n) is 16.8. The van der Waals surface area contributed by atoms with Gasteiger partial charge in [0, 0.05) is 4.47 Å². The third kappa shape index (κ3) is 8.50. The Kier molecular flexibility index (Phi) is 9.90. The Morgan fingerprint density at radius 3 is 2.35 bits per heavy atom. The summed E-state index contributed by atoms with van der Waals surface area (Å²) in [4.78, 5) is 0. The number of rotatable bonds is 12. The van der Waals surface area contributed by atoms with E-state index in [2.05, 4.69) is 15.9 Å². The molecule has 0 amide bonds. The molecule has 10 heteroatoms. The van der Waals surface area contributed by atoms with Crippen LogP contribution in [0.25, 0.3) is 0 Å². The molecule has 0 aliphatic heterocycles. The monoisotopic (exact) mass is 522 g/mol. The van der Waals surface area contributed by atoms with Gasteiger partial charge in [0.15, 0.2) is 0 Å². The molecule has 0 saturated heterocycles. The number of ether oxygens (including phenoxy) is 1. The molecular weight excluding hydrogens is 498 g/mol. The Morgan fingerprint density at radius 2 is 1.74 bits per heavy atom. The molecule has 2 atom stereocenters. The molecule has 3 N–H and O–H groups in total. The Hall–Kier alpha value is -1.51. The van der Waals surface area contributed by atoms with E-state index in [-0.39, 0.29) is 31.8 Å². The standard InChI is InChI=1S/C21H25BrF3NO4P/c22-17-6-3-15(4-7-17)2-1-11-29-19-8-5-16(12-18(19)21(23,24)25)9-10-20(26,13-27)14-30-31-28/h3-8,12,27,31H,1-2,9-11,13-14,26H2/q+1. The Bertz CT molecular complexity index is 852. The van der Waals surface area contributed by atoms with E-state index in [1.165, 1.54) is 6.07 Å². The molecule has 0 heterocycles. The fourth-order valence-corrected chi connectivity index (χ4v) is 3.56. The summed E-state index contributed by atoms with van der Waals surface area (Å²) in [6, 6.07) is 11.6. The number of hydrogen-bond acceptors (Lipinski definition) is 5. The second-order valence-corrected chi connectivity index (χ2v) is 8.67. The summed E-state index contributed by atoms with van der Waals surface area (Å²) in [6.07, 6.45) is -2.94. The van der Waals surface area contributed by atoms with Crippen molar-refractivity contribution in [2.45, 2.75) is 37.4 Å². The Labute approximate surface area is 189 Å². The highest BCUT2D eigenvalue weighted by atomic mass is 79.9. The average Bonchev–Trinajstić information content (AvgIpc) is 2.75. The van der Waals surface area contributed by atoms with Gasteiger partial charge in [-0.05, 0) is 65.6 Å². The van der Waals surface area contributed by atoms with Crippen LogP contribution in [0.4, 0.5) is 13.2 Å². The Balaban J connectivity index is 2.00. The first kappa shape index (κ1) is 25.7. The van der Waals surface area contributed by atoms with Crippen LogP contribution in [0, 0.1) is 0 Å². The van der Waals surface area contributed by atoms with E-state index >= 15 is 0 Å². The molecule has 0 fully saturated rings. The molecule has 2 aromatic carbocycles. The molecule has 31 heavy (non-hydrogen) atoms. The largest absolute Gasteiger partial charge is 0.494 e. The van der Waals surface area contributed by atoms with Crippen molar-refractivity contribution in [2.75, 3.05) is 19.8 Å². The lowest BCUT2D eigenvalue weighted by Gasteiger charge is -2.24. The van der Waals surface area contributed by atoms with Crippen LogP contribution >= 0.6 is 24.6 Å². The van der Waals surface area contributed by atoms with Crippen molar-refractivity contribution in [1.82, 2.24) is 0 Å². The number of aliphatic hydroxyl groups is 1. The number of benzene rings is 2. The van der Waals surface area contributed by atoms with Crippen molar-refractivity contribution in [3.63, 3.8) is 0 Å². The van der Waals surface area contributed by atoms with Gasteiger partial charge >= 0.3 is 14.9 Å². The molecule has 0 bridgehead atoms. The van der Waals surface area contributed by atoms with Crippen LogP contribution < -0.4 is 10.5 Å². The van der Waals surface area contributed by atoms with Gasteiger partial charge in [-0.25, -0.2) is 0 Å². The second kappa shape index (κ2) is 11.9. The number of aryl methyl sites for hydroxylation is 2. The van der Waals surface area contributed by atoms with Crippen LogP contribution in [0.15, 0.2) is 46.9 Å². The predicted molar refractivity (Wildman–Crippen MR) is 117 cm³/mol. The summed E-state index contributed by atoms with van der Waals surface area (Å²) < 4.78 is 62.3. The van der Waals surface area contributed by atoms with Gasteiger partial charge in [-0.3, -0.25) is 0 Å². The molecular formula is C21H25BrF3NO4P+. The molecule has 0 aliphatic carbocycles. The van der Waals surface area contributed by atoms with Crippen LogP contribution in [0.1, 0.15) is 29.5 Å². The van der Waals surface area contributed by atoms with E-state index < -0.39 is 32.6 Å². The molecule has 0 saturated carbocycles. The zero-order valence-corrected chi connectivity index (χ0v) is 19.3. The van der Waals surface area contributed by atoms with Crippen LogP contribution in [-0.2, 0) is 28.1 Å². The van der Waals surface area contributed by atoms with E-state index in [9.17, 15) is 22.8 Å². The SMILES string of the molecule is NC(CO)(CCc1ccc(OCCCc2ccc(Br)cc2)c(C(F)(F)F)c1)CO[PH+]=O. The van der Waals surface area contributed by atoms with E-state index in [1.807, 2.05) is 24.3 Å². The quantitative estimate of drug-likeness (QED) is 0.301. The van der Waals surface area contributed by atoms with Crippen molar-refractivity contribution in [3.8, 4) is 5.75 Å². The van der Waals surface area contributed by atoms with E-state index in [0.717, 1.165) is 16.1 Å². The third-order valence-electron chi connectivity index (χ3n) is 4.77. The molecule has 2 rings (SSSR count). The zero-order chi connectivity index (χ0) is 22.9. The van der Waals surface area contributed by atoms with Gasteiger partial charge in [0.25, 0.3) is 0 Å². The molecule has 0 spiro atoms. The highest BCUT2D eigenvalue weighted by molar-refractivity contribution is 9.10. The van der Waals surface area contributed by atoms with Crippen molar-refractivity contribution in [1.29, 1.82) is 0 Å². The number of hydrogen-bond donors (Lipinski definition) is 2. The smallest absolute Gasteiger partial charge is 0.493 e. The second-order valence-electron chi connectivity index (χ2n) is 7.30. The van der Waals surface area contributed by atoms with Gasteiger partial charge in [-0.1, -0.05) is 34.1 Å². The van der Waals surface area contributed by atoms with Crippen molar-refractivity contribution in [3.05, 3.63) is 63.6 Å². The highest BCUT2D eigenvalue weighted by Crippen LogP contribution is 2.37. The third-order valence-corrected chi connectivity index (χ3v) is 5.57. The van der Waals surface area contributed by atoms with Gasteiger partial charge in [-0.15, -0.1) is 4.52 Å².